The molecule has 0 fully saturated rings. The molecule has 5 rings (SSSR count). The molecular weight excluding hydrogens is 639 g/mol. The van der Waals surface area contributed by atoms with Crippen LogP contribution < -0.4 is 20.3 Å². The lowest BCUT2D eigenvalue weighted by Crippen LogP contribution is -2.40. The minimum Gasteiger partial charge on any atom is -0.497 e. The summed E-state index contributed by atoms with van der Waals surface area (Å²) in [4.78, 5) is 40.5. The van der Waals surface area contributed by atoms with Gasteiger partial charge in [-0.1, -0.05) is 67.6 Å². The predicted molar refractivity (Wildman–Crippen MR) is 181 cm³/mol. The summed E-state index contributed by atoms with van der Waals surface area (Å²) in [5.41, 5.74) is 1.72. The summed E-state index contributed by atoms with van der Waals surface area (Å²) < 4.78 is 47.8. The molecule has 1 aliphatic heterocycles. The topological polar surface area (TPSA) is 87.7 Å². The van der Waals surface area contributed by atoms with Crippen LogP contribution in [0, 0.1) is 5.92 Å². The molecule has 0 spiro atoms. The number of halogens is 3. The lowest BCUT2D eigenvalue weighted by Gasteiger charge is -2.26. The number of carbonyl (C=O) groups is 3. The number of rotatable bonds is 12. The molecule has 48 heavy (non-hydrogen) atoms. The maximum Gasteiger partial charge on any atom is 0.417 e. The molecule has 4 aromatic carbocycles. The van der Waals surface area contributed by atoms with Crippen molar-refractivity contribution in [2.24, 2.45) is 5.92 Å². The van der Waals surface area contributed by atoms with Crippen molar-refractivity contribution < 1.29 is 32.3 Å². The summed E-state index contributed by atoms with van der Waals surface area (Å²) in [7, 11) is 1.53. The van der Waals surface area contributed by atoms with Crippen molar-refractivity contribution in [2.75, 3.05) is 38.2 Å². The highest BCUT2D eigenvalue weighted by Gasteiger charge is 2.41. The van der Waals surface area contributed by atoms with E-state index in [1.54, 1.807) is 85.8 Å². The standard InChI is InChI=1S/C37H36F3N3O4S/c1-24-33(27-16-18-29(47-2)19-17-27)48-34-30(37(38,39)40)10-6-11-31(34)43(36(24)46)23-22-41-20-7-21-42-35(45)28-14-12-26(13-15-28)32(44)25-8-4-3-5-9-25/h3-6,8-19,24,33,41H,7,20-23H2,1-2H3,(H,42,45)/t24?,33-/m1/s1. The fourth-order valence-electron chi connectivity index (χ4n) is 5.55. The number of nitrogens with zero attached hydrogens (tertiary/aromatic N) is 1. The Morgan fingerprint density at radius 2 is 1.50 bits per heavy atom. The van der Waals surface area contributed by atoms with Crippen LogP contribution in [0.3, 0.4) is 0 Å². The number of nitrogens with one attached hydrogen (secondary N) is 2. The van der Waals surface area contributed by atoms with Crippen molar-refractivity contribution >= 4 is 35.0 Å². The van der Waals surface area contributed by atoms with Crippen LogP contribution >= 0.6 is 11.8 Å². The van der Waals surface area contributed by atoms with Crippen molar-refractivity contribution in [1.29, 1.82) is 0 Å². The van der Waals surface area contributed by atoms with E-state index in [1.807, 2.05) is 6.07 Å². The van der Waals surface area contributed by atoms with Crippen LogP contribution in [-0.4, -0.2) is 50.9 Å². The SMILES string of the molecule is COc1ccc([C@@H]2Sc3c(cccc3C(F)(F)F)N(CCNCCCNC(=O)c3ccc(C(=O)c4ccccc4)cc3)C(=O)C2C)cc1. The minimum absolute atomic E-state index is 0.0312. The van der Waals surface area contributed by atoms with Gasteiger partial charge in [-0.15, -0.1) is 11.8 Å². The van der Waals surface area contributed by atoms with E-state index in [9.17, 15) is 27.6 Å². The lowest BCUT2D eigenvalue weighted by atomic mass is 9.98. The molecule has 0 saturated carbocycles. The molecule has 1 unspecified atom stereocenters. The van der Waals surface area contributed by atoms with Gasteiger partial charge in [-0.25, -0.2) is 0 Å². The number of ether oxygens (including phenoxy) is 1. The summed E-state index contributed by atoms with van der Waals surface area (Å²) in [6.45, 7) is 3.17. The third-order valence-electron chi connectivity index (χ3n) is 8.16. The van der Waals surface area contributed by atoms with Gasteiger partial charge in [0.15, 0.2) is 5.78 Å². The highest BCUT2D eigenvalue weighted by Crippen LogP contribution is 2.52. The molecule has 1 heterocycles. The Morgan fingerprint density at radius 3 is 2.17 bits per heavy atom. The van der Waals surface area contributed by atoms with Crippen LogP contribution in [-0.2, 0) is 11.0 Å². The second kappa shape index (κ2) is 15.5. The zero-order chi connectivity index (χ0) is 34.3. The zero-order valence-corrected chi connectivity index (χ0v) is 27.4. The molecular formula is C37H36F3N3O4S. The number of benzene rings is 4. The monoisotopic (exact) mass is 675 g/mol. The summed E-state index contributed by atoms with van der Waals surface area (Å²) in [6, 6.07) is 26.4. The number of carbonyl (C=O) groups excluding carboxylic acids is 3. The fraction of sp³-hybridized carbons (Fsp3) is 0.270. The van der Waals surface area contributed by atoms with E-state index in [0.717, 1.165) is 23.4 Å². The Balaban J connectivity index is 1.16. The van der Waals surface area contributed by atoms with Crippen LogP contribution in [0.2, 0.25) is 0 Å². The van der Waals surface area contributed by atoms with Crippen LogP contribution in [0.5, 0.6) is 5.75 Å². The van der Waals surface area contributed by atoms with Gasteiger partial charge >= 0.3 is 6.18 Å². The van der Waals surface area contributed by atoms with E-state index in [-0.39, 0.29) is 34.7 Å². The highest BCUT2D eigenvalue weighted by molar-refractivity contribution is 7.99. The third-order valence-corrected chi connectivity index (χ3v) is 9.76. The quantitative estimate of drug-likeness (QED) is 0.122. The second-order valence-electron chi connectivity index (χ2n) is 11.4. The first-order valence-corrected chi connectivity index (χ1v) is 16.5. The molecule has 0 radical (unpaired) electrons. The number of methoxy groups -OCH3 is 1. The van der Waals surface area contributed by atoms with Crippen LogP contribution in [0.1, 0.15) is 56.0 Å². The van der Waals surface area contributed by atoms with Crippen LogP contribution in [0.15, 0.2) is 102 Å². The Hall–Kier alpha value is -4.61. The predicted octanol–water partition coefficient (Wildman–Crippen LogP) is 7.17. The van der Waals surface area contributed by atoms with Crippen LogP contribution in [0.25, 0.3) is 0 Å². The first kappa shape index (κ1) is 34.7. The first-order valence-electron chi connectivity index (χ1n) is 15.6. The van der Waals surface area contributed by atoms with Gasteiger partial charge in [-0.05, 0) is 54.9 Å². The van der Waals surface area contributed by atoms with Crippen molar-refractivity contribution in [3.05, 3.63) is 125 Å². The van der Waals surface area contributed by atoms with E-state index in [1.165, 1.54) is 18.1 Å². The molecule has 2 atom stereocenters. The Labute approximate surface area is 281 Å². The molecule has 0 aliphatic carbocycles. The average Bonchev–Trinajstić information content (AvgIpc) is 3.21. The number of hydrogen-bond donors (Lipinski definition) is 2. The molecule has 11 heteroatoms. The molecule has 250 valence electrons. The van der Waals surface area contributed by atoms with Crippen molar-refractivity contribution in [3.63, 3.8) is 0 Å². The van der Waals surface area contributed by atoms with Crippen LogP contribution in [0.4, 0.5) is 18.9 Å². The van der Waals surface area contributed by atoms with E-state index in [2.05, 4.69) is 10.6 Å². The average molecular weight is 676 g/mol. The number of alkyl halides is 3. The Bertz CT molecular complexity index is 1730. The molecule has 2 amide bonds. The Morgan fingerprint density at radius 1 is 0.833 bits per heavy atom. The van der Waals surface area contributed by atoms with Gasteiger partial charge in [0.2, 0.25) is 5.91 Å². The smallest absolute Gasteiger partial charge is 0.417 e. The van der Waals surface area contributed by atoms with Gasteiger partial charge < -0.3 is 20.3 Å². The number of amides is 2. The molecule has 7 nitrogen and oxygen atoms in total. The van der Waals surface area contributed by atoms with Crippen molar-refractivity contribution in [1.82, 2.24) is 10.6 Å². The number of thioether (sulfide) groups is 1. The molecule has 0 saturated heterocycles. The zero-order valence-electron chi connectivity index (χ0n) is 26.6. The van der Waals surface area contributed by atoms with Gasteiger partial charge in [-0.3, -0.25) is 14.4 Å². The normalized spacial score (nSPS) is 16.2. The number of fused-ring (bicyclic) bond motifs is 1. The number of ketones is 1. The summed E-state index contributed by atoms with van der Waals surface area (Å²) in [5, 5.41) is 5.56. The van der Waals surface area contributed by atoms with E-state index >= 15 is 0 Å². The van der Waals surface area contributed by atoms with Gasteiger partial charge in [0.05, 0.1) is 24.3 Å². The van der Waals surface area contributed by atoms with Crippen molar-refractivity contribution in [3.8, 4) is 5.75 Å². The third kappa shape index (κ3) is 8.08. The van der Waals surface area contributed by atoms with Gasteiger partial charge in [0, 0.05) is 46.5 Å². The van der Waals surface area contributed by atoms with Crippen molar-refractivity contribution in [2.45, 2.75) is 29.7 Å². The molecule has 2 N–H and O–H groups in total. The van der Waals surface area contributed by atoms with Gasteiger partial charge in [0.25, 0.3) is 5.91 Å². The highest BCUT2D eigenvalue weighted by atomic mass is 32.2. The molecule has 0 bridgehead atoms. The van der Waals surface area contributed by atoms with Gasteiger partial charge in [-0.2, -0.15) is 13.2 Å². The number of hydrogen-bond acceptors (Lipinski definition) is 6. The second-order valence-corrected chi connectivity index (χ2v) is 12.5. The lowest BCUT2D eigenvalue weighted by molar-refractivity contribution is -0.139. The minimum atomic E-state index is -4.59. The summed E-state index contributed by atoms with van der Waals surface area (Å²) in [5.74, 6) is -0.626. The number of anilines is 1. The molecule has 0 aromatic heterocycles. The summed E-state index contributed by atoms with van der Waals surface area (Å²) in [6.07, 6.45) is -4.00. The molecule has 4 aromatic rings. The largest absolute Gasteiger partial charge is 0.497 e. The summed E-state index contributed by atoms with van der Waals surface area (Å²) >= 11 is 1.07. The fourth-order valence-corrected chi connectivity index (χ4v) is 7.03. The van der Waals surface area contributed by atoms with E-state index < -0.39 is 22.9 Å². The van der Waals surface area contributed by atoms with E-state index in [4.69, 9.17) is 4.74 Å². The molecule has 1 aliphatic rings. The maximum absolute atomic E-state index is 14.2. The maximum atomic E-state index is 14.2. The van der Waals surface area contributed by atoms with E-state index in [0.29, 0.717) is 48.5 Å². The first-order chi connectivity index (χ1) is 23.1. The van der Waals surface area contributed by atoms with Gasteiger partial charge in [0.1, 0.15) is 5.75 Å². The Kier molecular flexibility index (Phi) is 11.2.